The highest BCUT2D eigenvalue weighted by atomic mass is 32.1. The van der Waals surface area contributed by atoms with Crippen molar-refractivity contribution in [2.75, 3.05) is 25.0 Å². The van der Waals surface area contributed by atoms with Gasteiger partial charge in [0.1, 0.15) is 17.4 Å². The zero-order valence-electron chi connectivity index (χ0n) is 15.0. The van der Waals surface area contributed by atoms with Crippen molar-refractivity contribution in [2.24, 2.45) is 5.92 Å². The van der Waals surface area contributed by atoms with E-state index in [-0.39, 0.29) is 23.5 Å². The number of carbonyl (C=O) groups is 2. The van der Waals surface area contributed by atoms with Gasteiger partial charge in [0, 0.05) is 31.2 Å². The van der Waals surface area contributed by atoms with Crippen LogP contribution in [0.3, 0.4) is 0 Å². The Morgan fingerprint density at radius 2 is 1.96 bits per heavy atom. The van der Waals surface area contributed by atoms with Gasteiger partial charge in [-0.15, -0.1) is 10.2 Å². The Hall–Kier alpha value is -2.39. The van der Waals surface area contributed by atoms with Gasteiger partial charge in [-0.25, -0.2) is 4.39 Å². The molecule has 0 unspecified atom stereocenters. The molecule has 0 spiro atoms. The highest BCUT2D eigenvalue weighted by Crippen LogP contribution is 2.22. The first-order valence-corrected chi connectivity index (χ1v) is 9.64. The fraction of sp³-hybridized carbons (Fsp3) is 0.444. The minimum absolute atomic E-state index is 0.108. The smallest absolute Gasteiger partial charge is 0.253 e. The largest absolute Gasteiger partial charge is 0.374 e. The van der Waals surface area contributed by atoms with E-state index in [1.807, 2.05) is 6.92 Å². The molecular formula is C18H21FN4O3S. The second kappa shape index (κ2) is 9.01. The monoisotopic (exact) mass is 392 g/mol. The summed E-state index contributed by atoms with van der Waals surface area (Å²) in [4.78, 5) is 26.6. The van der Waals surface area contributed by atoms with Gasteiger partial charge in [-0.1, -0.05) is 11.3 Å². The molecule has 1 N–H and O–H groups in total. The summed E-state index contributed by atoms with van der Waals surface area (Å²) in [5.74, 6) is -0.800. The Kier molecular flexibility index (Phi) is 6.46. The van der Waals surface area contributed by atoms with Gasteiger partial charge in [0.2, 0.25) is 11.0 Å². The molecule has 0 radical (unpaired) electrons. The van der Waals surface area contributed by atoms with Gasteiger partial charge in [-0.2, -0.15) is 0 Å². The van der Waals surface area contributed by atoms with E-state index in [4.69, 9.17) is 4.74 Å². The maximum absolute atomic E-state index is 13.0. The molecule has 0 aliphatic carbocycles. The van der Waals surface area contributed by atoms with Gasteiger partial charge in [0.25, 0.3) is 5.91 Å². The quantitative estimate of drug-likeness (QED) is 0.817. The fourth-order valence-corrected chi connectivity index (χ4v) is 3.56. The lowest BCUT2D eigenvalue weighted by atomic mass is 9.95. The number of piperidine rings is 1. The number of aromatic nitrogens is 2. The summed E-state index contributed by atoms with van der Waals surface area (Å²) < 4.78 is 18.3. The Morgan fingerprint density at radius 1 is 1.26 bits per heavy atom. The van der Waals surface area contributed by atoms with Crippen LogP contribution in [0.2, 0.25) is 0 Å². The summed E-state index contributed by atoms with van der Waals surface area (Å²) in [6.07, 6.45) is 1.15. The van der Waals surface area contributed by atoms with Crippen LogP contribution in [0.1, 0.15) is 35.1 Å². The number of benzene rings is 1. The first-order valence-electron chi connectivity index (χ1n) is 8.82. The van der Waals surface area contributed by atoms with Gasteiger partial charge in [0.05, 0.1) is 0 Å². The van der Waals surface area contributed by atoms with E-state index >= 15 is 0 Å². The minimum atomic E-state index is -0.372. The molecule has 1 fully saturated rings. The van der Waals surface area contributed by atoms with Crippen molar-refractivity contribution in [3.63, 3.8) is 0 Å². The average molecular weight is 392 g/mol. The van der Waals surface area contributed by atoms with Gasteiger partial charge < -0.3 is 15.0 Å². The average Bonchev–Trinajstić information content (AvgIpc) is 3.13. The lowest BCUT2D eigenvalue weighted by Gasteiger charge is -2.31. The van der Waals surface area contributed by atoms with Crippen molar-refractivity contribution >= 4 is 28.3 Å². The van der Waals surface area contributed by atoms with E-state index in [2.05, 4.69) is 15.5 Å². The molecule has 1 aliphatic heterocycles. The van der Waals surface area contributed by atoms with Gasteiger partial charge in [-0.3, -0.25) is 9.59 Å². The molecule has 2 aromatic rings. The number of anilines is 1. The van der Waals surface area contributed by atoms with Crippen molar-refractivity contribution in [2.45, 2.75) is 26.4 Å². The van der Waals surface area contributed by atoms with Crippen LogP contribution in [0.4, 0.5) is 9.52 Å². The molecule has 27 heavy (non-hydrogen) atoms. The first-order chi connectivity index (χ1) is 13.1. The molecule has 1 aromatic heterocycles. The van der Waals surface area contributed by atoms with Crippen molar-refractivity contribution < 1.29 is 18.7 Å². The molecule has 144 valence electrons. The number of likely N-dealkylation sites (tertiary alicyclic amines) is 1. The third kappa shape index (κ3) is 5.08. The van der Waals surface area contributed by atoms with Crippen LogP contribution >= 0.6 is 11.3 Å². The van der Waals surface area contributed by atoms with E-state index < -0.39 is 0 Å². The summed E-state index contributed by atoms with van der Waals surface area (Å²) in [5.41, 5.74) is 0.454. The number of rotatable bonds is 6. The number of nitrogens with one attached hydrogen (secondary N) is 1. The molecule has 1 aliphatic rings. The van der Waals surface area contributed by atoms with Gasteiger partial charge >= 0.3 is 0 Å². The van der Waals surface area contributed by atoms with Gasteiger partial charge in [0.15, 0.2) is 0 Å². The Labute approximate surface area is 160 Å². The Bertz CT molecular complexity index is 788. The Balaban J connectivity index is 1.49. The van der Waals surface area contributed by atoms with Crippen LogP contribution in [0.25, 0.3) is 0 Å². The standard InChI is InChI=1S/C18H21FN4O3S/c1-2-26-11-15-21-22-18(27-15)20-16(24)12-7-9-23(10-8-12)17(25)13-3-5-14(19)6-4-13/h3-6,12H,2,7-11H2,1H3,(H,20,22,24). The molecule has 2 heterocycles. The molecule has 0 bridgehead atoms. The van der Waals surface area contributed by atoms with E-state index in [1.54, 1.807) is 4.90 Å². The molecule has 0 atom stereocenters. The second-order valence-corrected chi connectivity index (χ2v) is 7.26. The van der Waals surface area contributed by atoms with Crippen LogP contribution in [0.15, 0.2) is 24.3 Å². The first kappa shape index (κ1) is 19.4. The zero-order chi connectivity index (χ0) is 19.2. The molecule has 3 rings (SSSR count). The SMILES string of the molecule is CCOCc1nnc(NC(=O)C2CCN(C(=O)c3ccc(F)cc3)CC2)s1. The predicted octanol–water partition coefficient (Wildman–Crippen LogP) is 2.70. The number of amides is 2. The van der Waals surface area contributed by atoms with E-state index in [1.165, 1.54) is 35.6 Å². The predicted molar refractivity (Wildman–Crippen MR) is 98.9 cm³/mol. The summed E-state index contributed by atoms with van der Waals surface area (Å²) in [6.45, 7) is 3.85. The molecular weight excluding hydrogens is 371 g/mol. The van der Waals surface area contributed by atoms with E-state index in [9.17, 15) is 14.0 Å². The van der Waals surface area contributed by atoms with Crippen LogP contribution in [0, 0.1) is 11.7 Å². The van der Waals surface area contributed by atoms with E-state index in [0.29, 0.717) is 54.8 Å². The summed E-state index contributed by atoms with van der Waals surface area (Å²) in [7, 11) is 0. The summed E-state index contributed by atoms with van der Waals surface area (Å²) in [5, 5.41) is 11.9. The molecule has 2 amide bonds. The zero-order valence-corrected chi connectivity index (χ0v) is 15.8. The fourth-order valence-electron chi connectivity index (χ4n) is 2.88. The number of ether oxygens (including phenoxy) is 1. The second-order valence-electron chi connectivity index (χ2n) is 6.20. The van der Waals surface area contributed by atoms with Crippen molar-refractivity contribution in [3.8, 4) is 0 Å². The summed E-state index contributed by atoms with van der Waals surface area (Å²) in [6, 6.07) is 5.50. The molecule has 1 aromatic carbocycles. The van der Waals surface area contributed by atoms with Crippen LogP contribution < -0.4 is 5.32 Å². The maximum Gasteiger partial charge on any atom is 0.253 e. The number of carbonyl (C=O) groups excluding carboxylic acids is 2. The summed E-state index contributed by atoms with van der Waals surface area (Å²) >= 11 is 1.29. The van der Waals surface area contributed by atoms with Crippen molar-refractivity contribution in [3.05, 3.63) is 40.7 Å². The van der Waals surface area contributed by atoms with Crippen LogP contribution in [0.5, 0.6) is 0 Å². The molecule has 1 saturated heterocycles. The van der Waals surface area contributed by atoms with Crippen molar-refractivity contribution in [1.29, 1.82) is 0 Å². The maximum atomic E-state index is 13.0. The third-order valence-electron chi connectivity index (χ3n) is 4.37. The number of hydrogen-bond acceptors (Lipinski definition) is 6. The Morgan fingerprint density at radius 3 is 2.63 bits per heavy atom. The van der Waals surface area contributed by atoms with E-state index in [0.717, 1.165) is 0 Å². The third-order valence-corrected chi connectivity index (χ3v) is 5.18. The molecule has 0 saturated carbocycles. The highest BCUT2D eigenvalue weighted by Gasteiger charge is 2.28. The lowest BCUT2D eigenvalue weighted by Crippen LogP contribution is -2.41. The number of nitrogens with zero attached hydrogens (tertiary/aromatic N) is 3. The topological polar surface area (TPSA) is 84.4 Å². The van der Waals surface area contributed by atoms with Gasteiger partial charge in [-0.05, 0) is 44.0 Å². The number of halogens is 1. The molecule has 7 nitrogen and oxygen atoms in total. The molecule has 9 heteroatoms. The number of hydrogen-bond donors (Lipinski definition) is 1. The highest BCUT2D eigenvalue weighted by molar-refractivity contribution is 7.15. The van der Waals surface area contributed by atoms with Crippen LogP contribution in [-0.4, -0.2) is 46.6 Å². The minimum Gasteiger partial charge on any atom is -0.374 e. The normalized spacial score (nSPS) is 15.0. The lowest BCUT2D eigenvalue weighted by molar-refractivity contribution is -0.121. The van der Waals surface area contributed by atoms with Crippen LogP contribution in [-0.2, 0) is 16.1 Å². The van der Waals surface area contributed by atoms with Crippen molar-refractivity contribution in [1.82, 2.24) is 15.1 Å².